The lowest BCUT2D eigenvalue weighted by molar-refractivity contribution is 0.252. The zero-order valence-electron chi connectivity index (χ0n) is 20.3. The lowest BCUT2D eigenvalue weighted by Gasteiger charge is -2.15. The second kappa shape index (κ2) is 10.9. The van der Waals surface area contributed by atoms with E-state index in [1.54, 1.807) is 24.3 Å². The first-order valence-corrected chi connectivity index (χ1v) is 12.3. The van der Waals surface area contributed by atoms with E-state index in [2.05, 4.69) is 34.9 Å². The van der Waals surface area contributed by atoms with E-state index < -0.39 is 0 Å². The second-order valence-corrected chi connectivity index (χ2v) is 9.04. The Hall–Kier alpha value is -4.77. The van der Waals surface area contributed by atoms with E-state index in [9.17, 15) is 15.0 Å². The molecule has 0 aromatic heterocycles. The summed E-state index contributed by atoms with van der Waals surface area (Å²) in [5.74, 6) is 0.469. The summed E-state index contributed by atoms with van der Waals surface area (Å²) in [6, 6.07) is 34.3. The van der Waals surface area contributed by atoms with Gasteiger partial charge in [0.05, 0.1) is 0 Å². The first-order chi connectivity index (χ1) is 18.0. The number of urea groups is 1. The number of phenols is 2. The molecule has 0 aliphatic carbocycles. The molecule has 0 spiro atoms. The van der Waals surface area contributed by atoms with Crippen molar-refractivity contribution in [2.24, 2.45) is 0 Å². The van der Waals surface area contributed by atoms with Crippen LogP contribution in [0.5, 0.6) is 11.5 Å². The molecule has 0 heterocycles. The van der Waals surface area contributed by atoms with Gasteiger partial charge >= 0.3 is 6.03 Å². The van der Waals surface area contributed by atoms with E-state index in [1.807, 2.05) is 60.7 Å². The number of aromatic hydroxyl groups is 2. The van der Waals surface area contributed by atoms with Crippen LogP contribution in [0.3, 0.4) is 0 Å². The largest absolute Gasteiger partial charge is 0.508 e. The number of benzene rings is 5. The minimum Gasteiger partial charge on any atom is -0.508 e. The molecule has 0 bridgehead atoms. The van der Waals surface area contributed by atoms with Gasteiger partial charge in [-0.25, -0.2) is 4.79 Å². The standard InChI is InChI=1S/C32H28N2O3/c35-27-12-9-24(10-13-27)29-15-11-25-21-28(36)14-16-30(25)31(29)20-23-6-4-5-22(19-23)17-18-33-32(37)34-26-7-2-1-3-8-26/h1-16,19,21,35-36H,17-18,20H2,(H2,33,34,37). The average molecular weight is 489 g/mol. The monoisotopic (exact) mass is 488 g/mol. The zero-order chi connectivity index (χ0) is 25.6. The third-order valence-corrected chi connectivity index (χ3v) is 6.40. The van der Waals surface area contributed by atoms with Crippen molar-refractivity contribution in [2.45, 2.75) is 12.8 Å². The molecule has 0 unspecified atom stereocenters. The van der Waals surface area contributed by atoms with E-state index in [0.29, 0.717) is 19.4 Å². The normalized spacial score (nSPS) is 10.8. The average Bonchev–Trinajstić information content (AvgIpc) is 2.90. The molecule has 4 N–H and O–H groups in total. The van der Waals surface area contributed by atoms with Crippen LogP contribution >= 0.6 is 0 Å². The number of fused-ring (bicyclic) bond motifs is 1. The van der Waals surface area contributed by atoms with Crippen molar-refractivity contribution in [3.63, 3.8) is 0 Å². The highest BCUT2D eigenvalue weighted by Crippen LogP contribution is 2.34. The van der Waals surface area contributed by atoms with E-state index in [1.165, 1.54) is 0 Å². The van der Waals surface area contributed by atoms with Gasteiger partial charge in [0.25, 0.3) is 0 Å². The molecule has 0 aliphatic rings. The maximum atomic E-state index is 12.2. The Morgan fingerprint density at radius 3 is 2.27 bits per heavy atom. The quantitative estimate of drug-likeness (QED) is 0.202. The maximum absolute atomic E-state index is 12.2. The van der Waals surface area contributed by atoms with Crippen LogP contribution in [0.15, 0.2) is 109 Å². The fourth-order valence-corrected chi connectivity index (χ4v) is 4.60. The molecule has 5 aromatic carbocycles. The molecule has 5 aromatic rings. The fourth-order valence-electron chi connectivity index (χ4n) is 4.60. The van der Waals surface area contributed by atoms with Gasteiger partial charge in [0.2, 0.25) is 0 Å². The molecular weight excluding hydrogens is 460 g/mol. The van der Waals surface area contributed by atoms with Gasteiger partial charge in [-0.05, 0) is 87.8 Å². The van der Waals surface area contributed by atoms with Crippen LogP contribution in [0, 0.1) is 0 Å². The molecular formula is C32H28N2O3. The van der Waals surface area contributed by atoms with Gasteiger partial charge in [0.1, 0.15) is 11.5 Å². The Morgan fingerprint density at radius 1 is 0.703 bits per heavy atom. The molecule has 0 saturated carbocycles. The van der Waals surface area contributed by atoms with Crippen molar-refractivity contribution in [2.75, 3.05) is 11.9 Å². The van der Waals surface area contributed by atoms with Crippen LogP contribution in [-0.2, 0) is 12.8 Å². The molecule has 0 aliphatic heterocycles. The van der Waals surface area contributed by atoms with Crippen molar-refractivity contribution in [1.82, 2.24) is 5.32 Å². The fraction of sp³-hybridized carbons (Fsp3) is 0.0938. The number of para-hydroxylation sites is 1. The third kappa shape index (κ3) is 5.90. The van der Waals surface area contributed by atoms with Gasteiger partial charge in [-0.2, -0.15) is 0 Å². The van der Waals surface area contributed by atoms with Crippen LogP contribution in [0.1, 0.15) is 16.7 Å². The molecule has 0 atom stereocenters. The summed E-state index contributed by atoms with van der Waals surface area (Å²) in [4.78, 5) is 12.2. The van der Waals surface area contributed by atoms with Gasteiger partial charge in [0, 0.05) is 12.2 Å². The summed E-state index contributed by atoms with van der Waals surface area (Å²) in [6.45, 7) is 0.522. The number of amides is 2. The molecule has 2 amide bonds. The molecule has 37 heavy (non-hydrogen) atoms. The molecule has 5 heteroatoms. The number of nitrogens with one attached hydrogen (secondary N) is 2. The predicted molar refractivity (Wildman–Crippen MR) is 149 cm³/mol. The highest BCUT2D eigenvalue weighted by Gasteiger charge is 2.12. The Morgan fingerprint density at radius 2 is 1.46 bits per heavy atom. The lowest BCUT2D eigenvalue weighted by atomic mass is 9.89. The Bertz CT molecular complexity index is 1530. The van der Waals surface area contributed by atoms with Gasteiger partial charge in [-0.3, -0.25) is 0 Å². The minimum absolute atomic E-state index is 0.222. The molecule has 0 radical (unpaired) electrons. The number of carbonyl (C=O) groups is 1. The molecule has 0 saturated heterocycles. The summed E-state index contributed by atoms with van der Waals surface area (Å²) < 4.78 is 0. The van der Waals surface area contributed by atoms with Gasteiger partial charge in [-0.1, -0.05) is 72.8 Å². The Labute approximate surface area is 216 Å². The van der Waals surface area contributed by atoms with Crippen LogP contribution < -0.4 is 10.6 Å². The van der Waals surface area contributed by atoms with Crippen molar-refractivity contribution >= 4 is 22.5 Å². The molecule has 0 fully saturated rings. The summed E-state index contributed by atoms with van der Waals surface area (Å²) in [6.07, 6.45) is 1.42. The van der Waals surface area contributed by atoms with Crippen molar-refractivity contribution in [3.05, 3.63) is 126 Å². The van der Waals surface area contributed by atoms with Gasteiger partial charge in [0.15, 0.2) is 0 Å². The number of hydrogen-bond acceptors (Lipinski definition) is 3. The summed E-state index contributed by atoms with van der Waals surface area (Å²) in [5.41, 5.74) is 6.32. The number of phenolic OH excluding ortho intramolecular Hbond substituents is 2. The van der Waals surface area contributed by atoms with Crippen molar-refractivity contribution in [3.8, 4) is 22.6 Å². The molecule has 5 rings (SSSR count). The third-order valence-electron chi connectivity index (χ3n) is 6.40. The predicted octanol–water partition coefficient (Wildman–Crippen LogP) is 6.87. The van der Waals surface area contributed by atoms with Crippen LogP contribution in [-0.4, -0.2) is 22.8 Å². The highest BCUT2D eigenvalue weighted by molar-refractivity contribution is 5.93. The van der Waals surface area contributed by atoms with Crippen molar-refractivity contribution < 1.29 is 15.0 Å². The van der Waals surface area contributed by atoms with Gasteiger partial charge in [-0.15, -0.1) is 0 Å². The van der Waals surface area contributed by atoms with E-state index in [-0.39, 0.29) is 17.5 Å². The van der Waals surface area contributed by atoms with E-state index >= 15 is 0 Å². The first kappa shape index (κ1) is 23.9. The van der Waals surface area contributed by atoms with Crippen LogP contribution in [0.25, 0.3) is 21.9 Å². The Balaban J connectivity index is 1.35. The summed E-state index contributed by atoms with van der Waals surface area (Å²) in [7, 11) is 0. The molecule has 5 nitrogen and oxygen atoms in total. The van der Waals surface area contributed by atoms with E-state index in [0.717, 1.165) is 44.3 Å². The Kier molecular flexibility index (Phi) is 7.04. The van der Waals surface area contributed by atoms with Gasteiger partial charge < -0.3 is 20.8 Å². The number of anilines is 1. The van der Waals surface area contributed by atoms with E-state index in [4.69, 9.17) is 0 Å². The van der Waals surface area contributed by atoms with Crippen LogP contribution in [0.4, 0.5) is 10.5 Å². The molecule has 184 valence electrons. The summed E-state index contributed by atoms with van der Waals surface area (Å²) >= 11 is 0. The smallest absolute Gasteiger partial charge is 0.319 e. The highest BCUT2D eigenvalue weighted by atomic mass is 16.3. The SMILES string of the molecule is O=C(NCCc1cccc(Cc2c(-c3ccc(O)cc3)ccc3cc(O)ccc23)c1)Nc1ccccc1. The minimum atomic E-state index is -0.222. The van der Waals surface area contributed by atoms with Crippen LogP contribution in [0.2, 0.25) is 0 Å². The zero-order valence-corrected chi connectivity index (χ0v) is 20.3. The maximum Gasteiger partial charge on any atom is 0.319 e. The number of hydrogen-bond donors (Lipinski definition) is 4. The second-order valence-electron chi connectivity index (χ2n) is 9.04. The topological polar surface area (TPSA) is 81.6 Å². The van der Waals surface area contributed by atoms with Crippen molar-refractivity contribution in [1.29, 1.82) is 0 Å². The number of rotatable bonds is 7. The number of carbonyl (C=O) groups excluding carboxylic acids is 1. The lowest BCUT2D eigenvalue weighted by Crippen LogP contribution is -2.30. The summed E-state index contributed by atoms with van der Waals surface area (Å²) in [5, 5.41) is 27.6. The first-order valence-electron chi connectivity index (χ1n) is 12.3.